The average Bonchev–Trinajstić information content (AvgIpc) is 3.03. The number of para-hydroxylation sites is 1. The summed E-state index contributed by atoms with van der Waals surface area (Å²) in [6.45, 7) is 1.94. The van der Waals surface area contributed by atoms with Crippen LogP contribution in [0.5, 0.6) is 0 Å². The summed E-state index contributed by atoms with van der Waals surface area (Å²) in [4.78, 5) is 24.8. The Morgan fingerprint density at radius 2 is 1.88 bits per heavy atom. The quantitative estimate of drug-likeness (QED) is 0.833. The van der Waals surface area contributed by atoms with Crippen molar-refractivity contribution < 1.29 is 9.59 Å². The maximum absolute atomic E-state index is 13.0. The molecule has 0 bridgehead atoms. The van der Waals surface area contributed by atoms with Gasteiger partial charge in [-0.1, -0.05) is 47.5 Å². The summed E-state index contributed by atoms with van der Waals surface area (Å²) in [5.41, 5.74) is 3.64. The van der Waals surface area contributed by atoms with Gasteiger partial charge in [-0.05, 0) is 48.2 Å². The molecule has 1 aliphatic carbocycles. The Morgan fingerprint density at radius 3 is 2.58 bits per heavy atom. The van der Waals surface area contributed by atoms with Crippen molar-refractivity contribution in [3.8, 4) is 0 Å². The molecule has 4 rings (SSSR count). The molecule has 1 N–H and O–H groups in total. The van der Waals surface area contributed by atoms with Crippen molar-refractivity contribution in [2.75, 3.05) is 5.32 Å². The second kappa shape index (κ2) is 5.32. The number of hydrogen-bond acceptors (Lipinski definition) is 2. The first-order chi connectivity index (χ1) is 11.6. The first kappa shape index (κ1) is 15.2. The fraction of sp³-hybridized carbons (Fsp3) is 0.200. The van der Waals surface area contributed by atoms with Gasteiger partial charge in [-0.2, -0.15) is 0 Å². The van der Waals surface area contributed by atoms with Crippen molar-refractivity contribution in [2.45, 2.75) is 24.7 Å². The van der Waals surface area contributed by atoms with Crippen LogP contribution >= 0.6 is 11.6 Å². The van der Waals surface area contributed by atoms with Crippen LogP contribution < -0.4 is 5.32 Å². The van der Waals surface area contributed by atoms with Crippen LogP contribution in [0.4, 0.5) is 5.69 Å². The van der Waals surface area contributed by atoms with E-state index in [0.717, 1.165) is 28.7 Å². The van der Waals surface area contributed by atoms with E-state index in [1.165, 1.54) is 0 Å². The van der Waals surface area contributed by atoms with Crippen LogP contribution in [-0.4, -0.2) is 12.2 Å². The second-order valence-corrected chi connectivity index (χ2v) is 6.92. The third-order valence-corrected chi connectivity index (χ3v) is 5.48. The highest BCUT2D eigenvalue weighted by Crippen LogP contribution is 2.57. The van der Waals surface area contributed by atoms with E-state index in [2.05, 4.69) is 5.32 Å². The molecule has 2 aliphatic rings. The van der Waals surface area contributed by atoms with E-state index in [1.807, 2.05) is 43.3 Å². The van der Waals surface area contributed by atoms with Crippen LogP contribution in [0.25, 0.3) is 0 Å². The van der Waals surface area contributed by atoms with Gasteiger partial charge in [0, 0.05) is 16.6 Å². The van der Waals surface area contributed by atoms with Crippen molar-refractivity contribution in [2.24, 2.45) is 0 Å². The van der Waals surface area contributed by atoms with Crippen molar-refractivity contribution in [3.05, 3.63) is 75.8 Å². The number of nitrogens with one attached hydrogen (secondary N) is 1. The minimum atomic E-state index is -0.759. The van der Waals surface area contributed by atoms with Crippen LogP contribution in [0.1, 0.15) is 30.4 Å². The number of amides is 1. The molecular weight excluding hydrogens is 322 g/mol. The Hall–Kier alpha value is -2.39. The van der Waals surface area contributed by atoms with E-state index in [4.69, 9.17) is 11.6 Å². The molecule has 4 heteroatoms. The summed E-state index contributed by atoms with van der Waals surface area (Å²) in [6.07, 6.45) is 1.45. The number of carbonyl (C=O) groups excluding carboxylic acids is 2. The molecule has 0 unspecified atom stereocenters. The first-order valence-corrected chi connectivity index (χ1v) is 8.27. The van der Waals surface area contributed by atoms with E-state index in [1.54, 1.807) is 12.1 Å². The van der Waals surface area contributed by atoms with Gasteiger partial charge in [0.2, 0.25) is 5.91 Å². The SMILES string of the molecule is CC1=C(C=O)[C@H](c2ccc(Cl)cc2)[C@@]2(C1)C(=O)Nc1ccccc12. The van der Waals surface area contributed by atoms with Crippen LogP contribution in [0.3, 0.4) is 0 Å². The smallest absolute Gasteiger partial charge is 0.236 e. The topological polar surface area (TPSA) is 46.2 Å². The first-order valence-electron chi connectivity index (χ1n) is 7.89. The van der Waals surface area contributed by atoms with Crippen LogP contribution in [0, 0.1) is 0 Å². The van der Waals surface area contributed by atoms with Gasteiger partial charge < -0.3 is 5.32 Å². The molecule has 0 saturated carbocycles. The van der Waals surface area contributed by atoms with Crippen molar-refractivity contribution >= 4 is 29.5 Å². The minimum absolute atomic E-state index is 0.0418. The van der Waals surface area contributed by atoms with Gasteiger partial charge in [-0.3, -0.25) is 9.59 Å². The molecule has 1 heterocycles. The molecule has 0 fully saturated rings. The molecule has 120 valence electrons. The lowest BCUT2D eigenvalue weighted by atomic mass is 9.68. The Labute approximate surface area is 145 Å². The third-order valence-electron chi connectivity index (χ3n) is 5.23. The monoisotopic (exact) mass is 337 g/mol. The normalized spacial score (nSPS) is 25.1. The number of benzene rings is 2. The van der Waals surface area contributed by atoms with Crippen LogP contribution in [0.15, 0.2) is 59.7 Å². The van der Waals surface area contributed by atoms with Gasteiger partial charge in [0.25, 0.3) is 0 Å². The zero-order valence-corrected chi connectivity index (χ0v) is 13.9. The van der Waals surface area contributed by atoms with Crippen molar-refractivity contribution in [3.63, 3.8) is 0 Å². The maximum atomic E-state index is 13.0. The summed E-state index contributed by atoms with van der Waals surface area (Å²) in [5, 5.41) is 3.63. The number of anilines is 1. The molecule has 0 saturated heterocycles. The van der Waals surface area contributed by atoms with Crippen LogP contribution in [-0.2, 0) is 15.0 Å². The van der Waals surface area contributed by atoms with Crippen molar-refractivity contribution in [1.29, 1.82) is 0 Å². The number of fused-ring (bicyclic) bond motifs is 2. The zero-order chi connectivity index (χ0) is 16.9. The molecule has 24 heavy (non-hydrogen) atoms. The highest BCUT2D eigenvalue weighted by atomic mass is 35.5. The van der Waals surface area contributed by atoms with E-state index < -0.39 is 5.41 Å². The standard InChI is InChI=1S/C20H16ClNO2/c1-12-10-20(16-4-2-3-5-17(16)22-19(20)24)18(15(12)11-23)13-6-8-14(21)9-7-13/h2-9,11,18H,10H2,1H3,(H,22,24)/t18-,20-/m0/s1. The van der Waals surface area contributed by atoms with Gasteiger partial charge in [-0.15, -0.1) is 0 Å². The summed E-state index contributed by atoms with van der Waals surface area (Å²) in [7, 11) is 0. The summed E-state index contributed by atoms with van der Waals surface area (Å²) in [5.74, 6) is -0.337. The maximum Gasteiger partial charge on any atom is 0.236 e. The summed E-state index contributed by atoms with van der Waals surface area (Å²) in [6, 6.07) is 15.2. The largest absolute Gasteiger partial charge is 0.325 e. The fourth-order valence-electron chi connectivity index (χ4n) is 4.22. The third kappa shape index (κ3) is 1.91. The lowest BCUT2D eigenvalue weighted by Crippen LogP contribution is -2.38. The predicted molar refractivity (Wildman–Crippen MR) is 94.3 cm³/mol. The van der Waals surface area contributed by atoms with E-state index in [-0.39, 0.29) is 11.8 Å². The number of halogens is 1. The van der Waals surface area contributed by atoms with Gasteiger partial charge in [0.05, 0.1) is 5.41 Å². The summed E-state index contributed by atoms with van der Waals surface area (Å²) >= 11 is 6.02. The number of allylic oxidation sites excluding steroid dienone is 2. The number of aldehydes is 1. The lowest BCUT2D eigenvalue weighted by molar-refractivity contribution is -0.121. The van der Waals surface area contributed by atoms with E-state index in [0.29, 0.717) is 17.0 Å². The minimum Gasteiger partial charge on any atom is -0.325 e. The van der Waals surface area contributed by atoms with Gasteiger partial charge >= 0.3 is 0 Å². The van der Waals surface area contributed by atoms with E-state index in [9.17, 15) is 9.59 Å². The number of rotatable bonds is 2. The molecule has 2 aromatic rings. The van der Waals surface area contributed by atoms with Crippen molar-refractivity contribution in [1.82, 2.24) is 0 Å². The lowest BCUT2D eigenvalue weighted by Gasteiger charge is -2.31. The predicted octanol–water partition coefficient (Wildman–Crippen LogP) is 4.23. The van der Waals surface area contributed by atoms with Gasteiger partial charge in [-0.25, -0.2) is 0 Å². The molecule has 1 amide bonds. The van der Waals surface area contributed by atoms with Crippen LogP contribution in [0.2, 0.25) is 5.02 Å². The second-order valence-electron chi connectivity index (χ2n) is 6.49. The summed E-state index contributed by atoms with van der Waals surface area (Å²) < 4.78 is 0. The fourth-order valence-corrected chi connectivity index (χ4v) is 4.35. The number of carbonyl (C=O) groups is 2. The molecule has 1 spiro atoms. The molecule has 0 aromatic heterocycles. The highest BCUT2D eigenvalue weighted by Gasteiger charge is 2.57. The molecule has 2 aromatic carbocycles. The number of hydrogen-bond donors (Lipinski definition) is 1. The zero-order valence-electron chi connectivity index (χ0n) is 13.2. The Balaban J connectivity index is 1.97. The average molecular weight is 338 g/mol. The molecule has 1 aliphatic heterocycles. The molecule has 3 nitrogen and oxygen atoms in total. The molecule has 0 radical (unpaired) electrons. The molecular formula is C20H16ClNO2. The Kier molecular flexibility index (Phi) is 3.36. The van der Waals surface area contributed by atoms with Gasteiger partial charge in [0.15, 0.2) is 0 Å². The highest BCUT2D eigenvalue weighted by molar-refractivity contribution is 6.30. The molecule has 2 atom stereocenters. The Bertz CT molecular complexity index is 885. The Morgan fingerprint density at radius 1 is 1.17 bits per heavy atom. The van der Waals surface area contributed by atoms with Gasteiger partial charge in [0.1, 0.15) is 6.29 Å². The van der Waals surface area contributed by atoms with E-state index >= 15 is 0 Å².